The van der Waals surface area contributed by atoms with Gasteiger partial charge in [-0.05, 0) is 18.8 Å². The van der Waals surface area contributed by atoms with E-state index in [2.05, 4.69) is 14.7 Å². The number of ether oxygens (including phenoxy) is 1. The molecule has 8 heteroatoms. The number of nitrogens with zero attached hydrogens (tertiary/aromatic N) is 3. The van der Waals surface area contributed by atoms with E-state index in [4.69, 9.17) is 11.6 Å². The first-order valence-electron chi connectivity index (χ1n) is 5.86. The second-order valence-corrected chi connectivity index (χ2v) is 4.65. The van der Waals surface area contributed by atoms with Crippen molar-refractivity contribution in [3.63, 3.8) is 0 Å². The predicted octanol–water partition coefficient (Wildman–Crippen LogP) is 2.83. The Morgan fingerprint density at radius 1 is 1.26 bits per heavy atom. The molecule has 0 aromatic carbocycles. The number of halogens is 4. The Morgan fingerprint density at radius 3 is 2.42 bits per heavy atom. The Bertz CT molecular complexity index is 405. The average Bonchev–Trinajstić information content (AvgIpc) is 2.38. The number of anilines is 1. The van der Waals surface area contributed by atoms with E-state index in [9.17, 15) is 13.2 Å². The van der Waals surface area contributed by atoms with Gasteiger partial charge in [-0.15, -0.1) is 24.8 Å². The summed E-state index contributed by atoms with van der Waals surface area (Å²) in [6, 6.07) is 0. The highest BCUT2D eigenvalue weighted by molar-refractivity contribution is 6.18. The molecule has 0 saturated carbocycles. The molecule has 1 aromatic heterocycles. The first kappa shape index (κ1) is 14.2. The summed E-state index contributed by atoms with van der Waals surface area (Å²) in [5.74, 6) is 1.14. The normalized spacial score (nSPS) is 17.6. The van der Waals surface area contributed by atoms with Crippen molar-refractivity contribution in [2.24, 2.45) is 5.92 Å². The van der Waals surface area contributed by atoms with Crippen LogP contribution >= 0.6 is 11.6 Å². The molecule has 2 heterocycles. The van der Waals surface area contributed by atoms with Gasteiger partial charge in [-0.1, -0.05) is 0 Å². The minimum absolute atomic E-state index is 0.499. The summed E-state index contributed by atoms with van der Waals surface area (Å²) in [6.07, 6.45) is -0.564. The van der Waals surface area contributed by atoms with E-state index in [0.29, 0.717) is 17.6 Å². The summed E-state index contributed by atoms with van der Waals surface area (Å²) in [5.41, 5.74) is 0. The van der Waals surface area contributed by atoms with E-state index in [0.717, 1.165) is 32.1 Å². The third kappa shape index (κ3) is 4.12. The lowest BCUT2D eigenvalue weighted by Gasteiger charge is -2.31. The first-order chi connectivity index (χ1) is 8.98. The lowest BCUT2D eigenvalue weighted by molar-refractivity contribution is -0.276. The van der Waals surface area contributed by atoms with Crippen molar-refractivity contribution in [3.05, 3.63) is 12.4 Å². The van der Waals surface area contributed by atoms with Gasteiger partial charge < -0.3 is 9.64 Å². The summed E-state index contributed by atoms with van der Waals surface area (Å²) in [6.45, 7) is 1.57. The van der Waals surface area contributed by atoms with Gasteiger partial charge in [-0.25, -0.2) is 9.97 Å². The minimum atomic E-state index is -4.74. The van der Waals surface area contributed by atoms with Crippen LogP contribution in [0.4, 0.5) is 19.0 Å². The first-order valence-corrected chi connectivity index (χ1v) is 6.40. The van der Waals surface area contributed by atoms with Crippen molar-refractivity contribution in [2.45, 2.75) is 19.2 Å². The molecule has 0 bridgehead atoms. The molecule has 1 aliphatic heterocycles. The van der Waals surface area contributed by atoms with Gasteiger partial charge in [-0.3, -0.25) is 0 Å². The van der Waals surface area contributed by atoms with E-state index in [1.165, 1.54) is 6.20 Å². The van der Waals surface area contributed by atoms with Gasteiger partial charge in [0.05, 0.1) is 12.4 Å². The summed E-state index contributed by atoms with van der Waals surface area (Å²) in [4.78, 5) is 9.53. The molecule has 4 nitrogen and oxygen atoms in total. The number of rotatable bonds is 3. The van der Waals surface area contributed by atoms with Gasteiger partial charge in [0.25, 0.3) is 0 Å². The van der Waals surface area contributed by atoms with E-state index in [-0.39, 0.29) is 0 Å². The average molecular weight is 296 g/mol. The Kier molecular flexibility index (Phi) is 4.34. The molecule has 19 heavy (non-hydrogen) atoms. The molecule has 0 unspecified atom stereocenters. The van der Waals surface area contributed by atoms with Crippen LogP contribution in [0.1, 0.15) is 12.8 Å². The Morgan fingerprint density at radius 2 is 1.95 bits per heavy atom. The SMILES string of the molecule is FC(F)(F)Oc1cnc(N2CCC(CCl)CC2)cn1. The smallest absolute Gasteiger partial charge is 0.386 e. The van der Waals surface area contributed by atoms with Crippen LogP contribution in [-0.4, -0.2) is 35.3 Å². The quantitative estimate of drug-likeness (QED) is 0.804. The van der Waals surface area contributed by atoms with Crippen molar-refractivity contribution >= 4 is 17.4 Å². The topological polar surface area (TPSA) is 38.2 Å². The van der Waals surface area contributed by atoms with Crippen LogP contribution in [0.3, 0.4) is 0 Å². The highest BCUT2D eigenvalue weighted by atomic mass is 35.5. The second kappa shape index (κ2) is 5.81. The Labute approximate surface area is 113 Å². The Hall–Kier alpha value is -1.24. The van der Waals surface area contributed by atoms with E-state index < -0.39 is 12.2 Å². The number of piperidine rings is 1. The maximum atomic E-state index is 12.0. The third-order valence-electron chi connectivity index (χ3n) is 2.99. The van der Waals surface area contributed by atoms with Gasteiger partial charge in [0.2, 0.25) is 5.88 Å². The number of hydrogen-bond acceptors (Lipinski definition) is 4. The molecule has 1 aliphatic rings. The molecule has 2 rings (SSSR count). The van der Waals surface area contributed by atoms with Crippen molar-refractivity contribution in [3.8, 4) is 5.88 Å². The minimum Gasteiger partial charge on any atom is -0.386 e. The molecule has 106 valence electrons. The van der Waals surface area contributed by atoms with Crippen LogP contribution in [0.15, 0.2) is 12.4 Å². The van der Waals surface area contributed by atoms with Crippen LogP contribution in [-0.2, 0) is 0 Å². The molecular weight excluding hydrogens is 283 g/mol. The summed E-state index contributed by atoms with van der Waals surface area (Å²) in [5, 5.41) is 0. The van der Waals surface area contributed by atoms with Gasteiger partial charge in [-0.2, -0.15) is 0 Å². The summed E-state index contributed by atoms with van der Waals surface area (Å²) >= 11 is 5.79. The molecule has 0 aliphatic carbocycles. The van der Waals surface area contributed by atoms with Gasteiger partial charge in [0, 0.05) is 19.0 Å². The number of aromatic nitrogens is 2. The lowest BCUT2D eigenvalue weighted by atomic mass is 9.99. The highest BCUT2D eigenvalue weighted by Gasteiger charge is 2.32. The monoisotopic (exact) mass is 295 g/mol. The molecule has 1 aromatic rings. The van der Waals surface area contributed by atoms with Crippen LogP contribution in [0, 0.1) is 5.92 Å². The third-order valence-corrected chi connectivity index (χ3v) is 3.43. The molecule has 1 fully saturated rings. The zero-order valence-electron chi connectivity index (χ0n) is 10.0. The molecular formula is C11H13ClF3N3O. The van der Waals surface area contributed by atoms with Crippen molar-refractivity contribution in [1.82, 2.24) is 9.97 Å². The zero-order chi connectivity index (χ0) is 13.9. The molecule has 0 spiro atoms. The van der Waals surface area contributed by atoms with Crippen LogP contribution in [0.2, 0.25) is 0 Å². The standard InChI is InChI=1S/C11H13ClF3N3O/c12-5-8-1-3-18(4-2-8)9-6-17-10(7-16-9)19-11(13,14)15/h6-8H,1-5H2. The maximum Gasteiger partial charge on any atom is 0.574 e. The molecule has 0 atom stereocenters. The van der Waals surface area contributed by atoms with Crippen molar-refractivity contribution < 1.29 is 17.9 Å². The van der Waals surface area contributed by atoms with Crippen LogP contribution in [0.25, 0.3) is 0 Å². The van der Waals surface area contributed by atoms with Crippen molar-refractivity contribution in [1.29, 1.82) is 0 Å². The fraction of sp³-hybridized carbons (Fsp3) is 0.636. The molecule has 0 amide bonds. The molecule has 1 saturated heterocycles. The fourth-order valence-electron chi connectivity index (χ4n) is 1.96. The van der Waals surface area contributed by atoms with Crippen molar-refractivity contribution in [2.75, 3.05) is 23.9 Å². The van der Waals surface area contributed by atoms with Gasteiger partial charge in [0.15, 0.2) is 0 Å². The van der Waals surface area contributed by atoms with Gasteiger partial charge >= 0.3 is 6.36 Å². The number of hydrogen-bond donors (Lipinski definition) is 0. The largest absolute Gasteiger partial charge is 0.574 e. The zero-order valence-corrected chi connectivity index (χ0v) is 10.8. The van der Waals surface area contributed by atoms with Crippen LogP contribution < -0.4 is 9.64 Å². The fourth-order valence-corrected chi connectivity index (χ4v) is 2.27. The second-order valence-electron chi connectivity index (χ2n) is 4.35. The number of alkyl halides is 4. The predicted molar refractivity (Wildman–Crippen MR) is 64.4 cm³/mol. The van der Waals surface area contributed by atoms with E-state index in [1.54, 1.807) is 0 Å². The van der Waals surface area contributed by atoms with Crippen LogP contribution in [0.5, 0.6) is 5.88 Å². The summed E-state index contributed by atoms with van der Waals surface area (Å²) in [7, 11) is 0. The van der Waals surface area contributed by atoms with E-state index in [1.807, 2.05) is 4.90 Å². The highest BCUT2D eigenvalue weighted by Crippen LogP contribution is 2.24. The Balaban J connectivity index is 1.95. The van der Waals surface area contributed by atoms with E-state index >= 15 is 0 Å². The lowest BCUT2D eigenvalue weighted by Crippen LogP contribution is -2.34. The maximum absolute atomic E-state index is 12.0. The summed E-state index contributed by atoms with van der Waals surface area (Å²) < 4.78 is 39.6. The molecule has 0 radical (unpaired) electrons. The van der Waals surface area contributed by atoms with Gasteiger partial charge in [0.1, 0.15) is 5.82 Å². The molecule has 0 N–H and O–H groups in total.